The van der Waals surface area contributed by atoms with E-state index in [9.17, 15) is 0 Å². The topological polar surface area (TPSA) is 75.9 Å². The van der Waals surface area contributed by atoms with Gasteiger partial charge in [-0.2, -0.15) is 11.8 Å². The highest BCUT2D eigenvalue weighted by atomic mass is 32.2. The van der Waals surface area contributed by atoms with Gasteiger partial charge in [0.05, 0.1) is 30.0 Å². The van der Waals surface area contributed by atoms with Gasteiger partial charge in [0.2, 0.25) is 0 Å². The molecule has 1 fully saturated rings. The molecule has 2 aliphatic heterocycles. The third-order valence-electron chi connectivity index (χ3n) is 5.01. The van der Waals surface area contributed by atoms with Crippen LogP contribution in [0.15, 0.2) is 23.2 Å². The quantitative estimate of drug-likeness (QED) is 0.505. The van der Waals surface area contributed by atoms with Crippen LogP contribution < -0.4 is 10.5 Å². The van der Waals surface area contributed by atoms with Gasteiger partial charge in [-0.1, -0.05) is 11.8 Å². The lowest BCUT2D eigenvalue weighted by molar-refractivity contribution is 0.172. The number of thioether (sulfide) groups is 2. The van der Waals surface area contributed by atoms with E-state index in [1.54, 1.807) is 7.11 Å². The predicted octanol–water partition coefficient (Wildman–Crippen LogP) is 3.08. The van der Waals surface area contributed by atoms with E-state index < -0.39 is 0 Å². The largest absolute Gasteiger partial charge is 0.493 e. The Morgan fingerprint density at radius 1 is 1.25 bits per heavy atom. The summed E-state index contributed by atoms with van der Waals surface area (Å²) in [6, 6.07) is 6.07. The molecule has 1 atom stereocenters. The number of aromatic nitrogens is 1. The van der Waals surface area contributed by atoms with Crippen molar-refractivity contribution in [2.75, 3.05) is 63.7 Å². The van der Waals surface area contributed by atoms with Crippen molar-refractivity contribution in [3.05, 3.63) is 23.9 Å². The minimum absolute atomic E-state index is 0.543. The second-order valence-electron chi connectivity index (χ2n) is 7.15. The molecular formula is C20H28N4O2S2. The summed E-state index contributed by atoms with van der Waals surface area (Å²) in [6.07, 6.45) is 0.859. The predicted molar refractivity (Wildman–Crippen MR) is 121 cm³/mol. The number of hydrogen-bond donors (Lipinski definition) is 2. The van der Waals surface area contributed by atoms with Crippen LogP contribution >= 0.6 is 23.5 Å². The van der Waals surface area contributed by atoms with E-state index in [0.29, 0.717) is 24.2 Å². The molecule has 0 radical (unpaired) electrons. The number of H-pyrrole nitrogens is 1. The molecule has 1 aromatic heterocycles. The molecule has 3 heterocycles. The van der Waals surface area contributed by atoms with E-state index in [0.717, 1.165) is 46.9 Å². The standard InChI is InChI=1S/C20H28N4O2S2/c1-25-5-2-6-26-15-9-14-10-18(23-19(14)17(21)11-15)20-22-12-16(28-20)13-24-3-7-27-8-4-24/h9-11,16,23H,2-8,12-13,21H2,1H3. The molecule has 3 N–H and O–H groups in total. The lowest BCUT2D eigenvalue weighted by Crippen LogP contribution is -2.37. The summed E-state index contributed by atoms with van der Waals surface area (Å²) in [4.78, 5) is 10.8. The fourth-order valence-corrected chi connectivity index (χ4v) is 5.68. The Kier molecular flexibility index (Phi) is 6.72. The normalized spacial score (nSPS) is 20.6. The van der Waals surface area contributed by atoms with Crippen molar-refractivity contribution in [3.63, 3.8) is 0 Å². The number of aromatic amines is 1. The molecule has 0 spiro atoms. The number of ether oxygens (including phenoxy) is 2. The first-order chi connectivity index (χ1) is 13.7. The Morgan fingerprint density at radius 2 is 2.11 bits per heavy atom. The highest BCUT2D eigenvalue weighted by Gasteiger charge is 2.25. The van der Waals surface area contributed by atoms with Crippen LogP contribution in [-0.4, -0.2) is 78.2 Å². The number of fused-ring (bicyclic) bond motifs is 1. The van der Waals surface area contributed by atoms with Crippen LogP contribution in [0, 0.1) is 0 Å². The van der Waals surface area contributed by atoms with E-state index in [4.69, 9.17) is 20.2 Å². The number of hydrogen-bond acceptors (Lipinski definition) is 7. The Morgan fingerprint density at radius 3 is 2.93 bits per heavy atom. The van der Waals surface area contributed by atoms with Gasteiger partial charge in [0, 0.05) is 68.0 Å². The van der Waals surface area contributed by atoms with Crippen LogP contribution in [0.5, 0.6) is 5.75 Å². The van der Waals surface area contributed by atoms with Crippen molar-refractivity contribution < 1.29 is 9.47 Å². The maximum Gasteiger partial charge on any atom is 0.122 e. The second-order valence-corrected chi connectivity index (χ2v) is 9.67. The highest BCUT2D eigenvalue weighted by molar-refractivity contribution is 8.15. The van der Waals surface area contributed by atoms with Crippen molar-refractivity contribution in [1.29, 1.82) is 0 Å². The monoisotopic (exact) mass is 420 g/mol. The molecule has 1 aromatic carbocycles. The summed E-state index contributed by atoms with van der Waals surface area (Å²) >= 11 is 3.94. The van der Waals surface area contributed by atoms with Crippen molar-refractivity contribution in [1.82, 2.24) is 9.88 Å². The summed E-state index contributed by atoms with van der Waals surface area (Å²) in [5, 5.41) is 2.70. The van der Waals surface area contributed by atoms with Crippen molar-refractivity contribution >= 4 is 45.2 Å². The van der Waals surface area contributed by atoms with Crippen LogP contribution in [0.4, 0.5) is 5.69 Å². The molecule has 4 rings (SSSR count). The first-order valence-corrected chi connectivity index (χ1v) is 11.8. The third kappa shape index (κ3) is 4.79. The number of benzene rings is 1. The lowest BCUT2D eigenvalue weighted by atomic mass is 10.2. The fourth-order valence-electron chi connectivity index (χ4n) is 3.57. The summed E-state index contributed by atoms with van der Waals surface area (Å²) in [7, 11) is 1.70. The zero-order chi connectivity index (χ0) is 19.3. The van der Waals surface area contributed by atoms with Crippen molar-refractivity contribution in [3.8, 4) is 5.75 Å². The van der Waals surface area contributed by atoms with Gasteiger partial charge >= 0.3 is 0 Å². The molecule has 2 aliphatic rings. The zero-order valence-electron chi connectivity index (χ0n) is 16.3. The van der Waals surface area contributed by atoms with Gasteiger partial charge in [-0.05, 0) is 12.1 Å². The smallest absolute Gasteiger partial charge is 0.122 e. The van der Waals surface area contributed by atoms with Gasteiger partial charge in [-0.25, -0.2) is 0 Å². The van der Waals surface area contributed by atoms with Crippen LogP contribution in [0.1, 0.15) is 12.1 Å². The average Bonchev–Trinajstić information content (AvgIpc) is 3.33. The molecule has 1 saturated heterocycles. The third-order valence-corrected chi connectivity index (χ3v) is 7.15. The molecule has 0 saturated carbocycles. The second kappa shape index (κ2) is 9.43. The van der Waals surface area contributed by atoms with E-state index in [-0.39, 0.29) is 0 Å². The Labute approximate surface area is 174 Å². The van der Waals surface area contributed by atoms with Crippen LogP contribution in [0.3, 0.4) is 0 Å². The van der Waals surface area contributed by atoms with Gasteiger partial charge in [0.1, 0.15) is 10.8 Å². The first-order valence-electron chi connectivity index (χ1n) is 9.78. The van der Waals surface area contributed by atoms with E-state index in [1.807, 2.05) is 23.9 Å². The van der Waals surface area contributed by atoms with Gasteiger partial charge < -0.3 is 25.1 Å². The molecule has 0 amide bonds. The SMILES string of the molecule is COCCCOc1cc(N)c2[nH]c(C3=NCC(CN4CCSCC4)S3)cc2c1. The molecule has 152 valence electrons. The van der Waals surface area contributed by atoms with Gasteiger partial charge in [-0.15, -0.1) is 0 Å². The van der Waals surface area contributed by atoms with Gasteiger partial charge in [-0.3, -0.25) is 4.99 Å². The molecular weight excluding hydrogens is 392 g/mol. The van der Waals surface area contributed by atoms with E-state index in [1.165, 1.54) is 24.6 Å². The number of nitrogen functional groups attached to an aromatic ring is 1. The minimum atomic E-state index is 0.543. The summed E-state index contributed by atoms with van der Waals surface area (Å²) < 4.78 is 10.9. The lowest BCUT2D eigenvalue weighted by Gasteiger charge is -2.28. The molecule has 1 unspecified atom stereocenters. The van der Waals surface area contributed by atoms with E-state index >= 15 is 0 Å². The maximum absolute atomic E-state index is 6.26. The number of rotatable bonds is 8. The first kappa shape index (κ1) is 19.9. The number of methoxy groups -OCH3 is 1. The van der Waals surface area contributed by atoms with Crippen LogP contribution in [-0.2, 0) is 4.74 Å². The fraction of sp³-hybridized carbons (Fsp3) is 0.550. The highest BCUT2D eigenvalue weighted by Crippen LogP contribution is 2.32. The van der Waals surface area contributed by atoms with Crippen LogP contribution in [0.2, 0.25) is 0 Å². The Balaban J connectivity index is 1.40. The van der Waals surface area contributed by atoms with E-state index in [2.05, 4.69) is 27.7 Å². The number of nitrogens with zero attached hydrogens (tertiary/aromatic N) is 2. The Bertz CT molecular complexity index is 833. The molecule has 6 nitrogen and oxygen atoms in total. The minimum Gasteiger partial charge on any atom is -0.493 e. The number of nitrogens with two attached hydrogens (primary N) is 1. The number of nitrogens with one attached hydrogen (secondary N) is 1. The summed E-state index contributed by atoms with van der Waals surface area (Å²) in [6.45, 7) is 5.73. The number of anilines is 1. The van der Waals surface area contributed by atoms with Gasteiger partial charge in [0.25, 0.3) is 0 Å². The molecule has 2 aromatic rings. The van der Waals surface area contributed by atoms with Crippen molar-refractivity contribution in [2.45, 2.75) is 11.7 Å². The summed E-state index contributed by atoms with van der Waals surface area (Å²) in [5.41, 5.74) is 8.98. The zero-order valence-corrected chi connectivity index (χ0v) is 17.9. The Hall–Kier alpha value is -1.35. The van der Waals surface area contributed by atoms with Gasteiger partial charge in [0.15, 0.2) is 0 Å². The molecule has 28 heavy (non-hydrogen) atoms. The van der Waals surface area contributed by atoms with Crippen LogP contribution in [0.25, 0.3) is 10.9 Å². The number of aliphatic imine (C=N–C) groups is 1. The molecule has 0 aliphatic carbocycles. The summed E-state index contributed by atoms with van der Waals surface area (Å²) in [5.74, 6) is 3.30. The molecule has 0 bridgehead atoms. The van der Waals surface area contributed by atoms with Crippen molar-refractivity contribution in [2.24, 2.45) is 4.99 Å². The molecule has 8 heteroatoms. The average molecular weight is 421 g/mol. The maximum atomic E-state index is 6.26.